The molecule has 2 rings (SSSR count). The van der Waals surface area contributed by atoms with E-state index in [0.29, 0.717) is 17.2 Å². The quantitative estimate of drug-likeness (QED) is 0.880. The number of pyridine rings is 1. The van der Waals surface area contributed by atoms with Gasteiger partial charge in [0.1, 0.15) is 10.8 Å². The summed E-state index contributed by atoms with van der Waals surface area (Å²) >= 11 is 5.75. The van der Waals surface area contributed by atoms with Crippen molar-refractivity contribution in [3.63, 3.8) is 0 Å². The number of rotatable bonds is 4. The molecule has 0 aliphatic carbocycles. The zero-order valence-electron chi connectivity index (χ0n) is 11.0. The predicted molar refractivity (Wildman–Crippen MR) is 76.7 cm³/mol. The zero-order valence-corrected chi connectivity index (χ0v) is 11.8. The zero-order chi connectivity index (χ0) is 14.5. The Bertz CT molecular complexity index is 632. The lowest BCUT2D eigenvalue weighted by atomic mass is 10.2. The predicted octanol–water partition coefficient (Wildman–Crippen LogP) is 3.00. The summed E-state index contributed by atoms with van der Waals surface area (Å²) in [6.07, 6.45) is 0. The third-order valence-electron chi connectivity index (χ3n) is 2.59. The van der Waals surface area contributed by atoms with E-state index >= 15 is 0 Å². The van der Waals surface area contributed by atoms with Crippen molar-refractivity contribution < 1.29 is 14.3 Å². The van der Waals surface area contributed by atoms with Crippen LogP contribution in [0.4, 0.5) is 5.69 Å². The number of methoxy groups -OCH3 is 2. The molecule has 1 N–H and O–H groups in total. The summed E-state index contributed by atoms with van der Waals surface area (Å²) in [5, 5.41) is 2.98. The summed E-state index contributed by atoms with van der Waals surface area (Å²) in [6, 6.07) is 9.94. The summed E-state index contributed by atoms with van der Waals surface area (Å²) < 4.78 is 10.3. The van der Waals surface area contributed by atoms with Crippen LogP contribution in [0.25, 0.3) is 0 Å². The molecule has 6 heteroatoms. The number of carbonyl (C=O) groups excluding carboxylic acids is 1. The highest BCUT2D eigenvalue weighted by Gasteiger charge is 2.10. The van der Waals surface area contributed by atoms with Crippen LogP contribution in [0.3, 0.4) is 0 Å². The van der Waals surface area contributed by atoms with Crippen molar-refractivity contribution in [2.24, 2.45) is 0 Å². The number of ether oxygens (including phenoxy) is 2. The van der Waals surface area contributed by atoms with Gasteiger partial charge in [-0.1, -0.05) is 17.7 Å². The summed E-state index contributed by atoms with van der Waals surface area (Å²) in [6.45, 7) is 0. The Kier molecular flexibility index (Phi) is 4.42. The average Bonchev–Trinajstić information content (AvgIpc) is 2.47. The number of nitrogens with one attached hydrogen (secondary N) is 1. The fourth-order valence-corrected chi connectivity index (χ4v) is 1.81. The SMILES string of the molecule is COc1ccc(NC(=O)c2cccc(Cl)n2)cc1OC. The van der Waals surface area contributed by atoms with Crippen LogP contribution in [0, 0.1) is 0 Å². The molecule has 0 fully saturated rings. The molecule has 1 aromatic heterocycles. The van der Waals surface area contributed by atoms with E-state index in [1.54, 1.807) is 43.5 Å². The van der Waals surface area contributed by atoms with Crippen LogP contribution in [-0.2, 0) is 0 Å². The van der Waals surface area contributed by atoms with Crippen molar-refractivity contribution in [1.82, 2.24) is 4.98 Å². The van der Waals surface area contributed by atoms with Crippen molar-refractivity contribution in [2.45, 2.75) is 0 Å². The first-order valence-electron chi connectivity index (χ1n) is 5.80. The molecule has 1 amide bonds. The highest BCUT2D eigenvalue weighted by Crippen LogP contribution is 2.29. The average molecular weight is 293 g/mol. The minimum absolute atomic E-state index is 0.243. The van der Waals surface area contributed by atoms with Crippen LogP contribution in [0.15, 0.2) is 36.4 Å². The van der Waals surface area contributed by atoms with Gasteiger partial charge in [0.25, 0.3) is 5.91 Å². The lowest BCUT2D eigenvalue weighted by molar-refractivity contribution is 0.102. The standard InChI is InChI=1S/C14H13ClN2O3/c1-19-11-7-6-9(8-12(11)20-2)16-14(18)10-4-3-5-13(15)17-10/h3-8H,1-2H3,(H,16,18). The number of amides is 1. The van der Waals surface area contributed by atoms with E-state index in [9.17, 15) is 4.79 Å². The van der Waals surface area contributed by atoms with Gasteiger partial charge in [0.2, 0.25) is 0 Å². The molecule has 2 aromatic rings. The number of aromatic nitrogens is 1. The van der Waals surface area contributed by atoms with E-state index in [2.05, 4.69) is 10.3 Å². The van der Waals surface area contributed by atoms with Crippen molar-refractivity contribution >= 4 is 23.2 Å². The van der Waals surface area contributed by atoms with Gasteiger partial charge in [0, 0.05) is 11.8 Å². The van der Waals surface area contributed by atoms with Crippen molar-refractivity contribution in [3.05, 3.63) is 47.2 Å². The molecule has 1 heterocycles. The number of nitrogens with zero attached hydrogens (tertiary/aromatic N) is 1. The molecular weight excluding hydrogens is 280 g/mol. The van der Waals surface area contributed by atoms with Crippen LogP contribution < -0.4 is 14.8 Å². The normalized spacial score (nSPS) is 9.95. The van der Waals surface area contributed by atoms with Gasteiger partial charge in [0.15, 0.2) is 11.5 Å². The van der Waals surface area contributed by atoms with Crippen molar-refractivity contribution in [2.75, 3.05) is 19.5 Å². The molecular formula is C14H13ClN2O3. The van der Waals surface area contributed by atoms with Crippen molar-refractivity contribution in [1.29, 1.82) is 0 Å². The Balaban J connectivity index is 2.19. The molecule has 5 nitrogen and oxygen atoms in total. The number of halogens is 1. The second-order valence-electron chi connectivity index (χ2n) is 3.87. The van der Waals surface area contributed by atoms with Gasteiger partial charge < -0.3 is 14.8 Å². The largest absolute Gasteiger partial charge is 0.493 e. The monoisotopic (exact) mass is 292 g/mol. The second-order valence-corrected chi connectivity index (χ2v) is 4.26. The second kappa shape index (κ2) is 6.25. The molecule has 0 saturated carbocycles. The smallest absolute Gasteiger partial charge is 0.274 e. The molecule has 0 bridgehead atoms. The molecule has 0 saturated heterocycles. The number of carbonyl (C=O) groups is 1. The lowest BCUT2D eigenvalue weighted by Gasteiger charge is -2.10. The Labute approximate surface area is 121 Å². The van der Waals surface area contributed by atoms with Gasteiger partial charge in [-0.2, -0.15) is 0 Å². The molecule has 0 spiro atoms. The van der Waals surface area contributed by atoms with E-state index in [1.807, 2.05) is 0 Å². The molecule has 0 radical (unpaired) electrons. The summed E-state index contributed by atoms with van der Waals surface area (Å²) in [7, 11) is 3.08. The maximum atomic E-state index is 12.0. The summed E-state index contributed by atoms with van der Waals surface area (Å²) in [5.74, 6) is 0.774. The summed E-state index contributed by atoms with van der Waals surface area (Å²) in [5.41, 5.74) is 0.821. The molecule has 1 aromatic carbocycles. The highest BCUT2D eigenvalue weighted by atomic mass is 35.5. The van der Waals surface area contributed by atoms with E-state index in [0.717, 1.165) is 0 Å². The van der Waals surface area contributed by atoms with Crippen LogP contribution >= 0.6 is 11.6 Å². The van der Waals surface area contributed by atoms with Gasteiger partial charge in [-0.05, 0) is 24.3 Å². The van der Waals surface area contributed by atoms with Crippen LogP contribution in [0.2, 0.25) is 5.15 Å². The van der Waals surface area contributed by atoms with Gasteiger partial charge >= 0.3 is 0 Å². The molecule has 0 unspecified atom stereocenters. The number of hydrogen-bond acceptors (Lipinski definition) is 4. The molecule has 0 aliphatic heterocycles. The first-order valence-corrected chi connectivity index (χ1v) is 6.18. The van der Waals surface area contributed by atoms with Gasteiger partial charge in [-0.25, -0.2) is 4.98 Å². The van der Waals surface area contributed by atoms with Crippen LogP contribution in [0.5, 0.6) is 11.5 Å². The van der Waals surface area contributed by atoms with Gasteiger partial charge in [0.05, 0.1) is 14.2 Å². The fourth-order valence-electron chi connectivity index (χ4n) is 1.64. The molecule has 0 aliphatic rings. The van der Waals surface area contributed by atoms with E-state index in [4.69, 9.17) is 21.1 Å². The first-order chi connectivity index (χ1) is 9.63. The third-order valence-corrected chi connectivity index (χ3v) is 2.80. The minimum Gasteiger partial charge on any atom is -0.493 e. The number of benzene rings is 1. The Morgan fingerprint density at radius 3 is 2.55 bits per heavy atom. The number of hydrogen-bond donors (Lipinski definition) is 1. The van der Waals surface area contributed by atoms with Crippen LogP contribution in [-0.4, -0.2) is 25.1 Å². The van der Waals surface area contributed by atoms with E-state index in [1.165, 1.54) is 7.11 Å². The molecule has 104 valence electrons. The van der Waals surface area contributed by atoms with Gasteiger partial charge in [-0.15, -0.1) is 0 Å². The van der Waals surface area contributed by atoms with Gasteiger partial charge in [-0.3, -0.25) is 4.79 Å². The van der Waals surface area contributed by atoms with E-state index < -0.39 is 0 Å². The first kappa shape index (κ1) is 14.1. The summed E-state index contributed by atoms with van der Waals surface area (Å²) in [4.78, 5) is 16.0. The third kappa shape index (κ3) is 3.19. The molecule has 20 heavy (non-hydrogen) atoms. The lowest BCUT2D eigenvalue weighted by Crippen LogP contribution is -2.13. The Morgan fingerprint density at radius 2 is 1.90 bits per heavy atom. The highest BCUT2D eigenvalue weighted by molar-refractivity contribution is 6.29. The van der Waals surface area contributed by atoms with E-state index in [-0.39, 0.29) is 16.8 Å². The molecule has 0 atom stereocenters. The fraction of sp³-hybridized carbons (Fsp3) is 0.143. The minimum atomic E-state index is -0.347. The Morgan fingerprint density at radius 1 is 1.15 bits per heavy atom. The Hall–Kier alpha value is -2.27. The maximum Gasteiger partial charge on any atom is 0.274 e. The topological polar surface area (TPSA) is 60.5 Å². The number of anilines is 1. The van der Waals surface area contributed by atoms with Crippen molar-refractivity contribution in [3.8, 4) is 11.5 Å². The maximum absolute atomic E-state index is 12.0. The van der Waals surface area contributed by atoms with Crippen LogP contribution in [0.1, 0.15) is 10.5 Å².